The number of amides is 2. The van der Waals surface area contributed by atoms with Crippen molar-refractivity contribution >= 4 is 17.8 Å². The molecule has 0 bridgehead atoms. The highest BCUT2D eigenvalue weighted by molar-refractivity contribution is 6.06. The lowest BCUT2D eigenvalue weighted by molar-refractivity contribution is 0.0514. The maximum absolute atomic E-state index is 13.4. The third kappa shape index (κ3) is 5.84. The molecule has 0 aliphatic rings. The molecule has 0 saturated heterocycles. The van der Waals surface area contributed by atoms with E-state index in [9.17, 15) is 14.4 Å². The van der Waals surface area contributed by atoms with Gasteiger partial charge in [-0.3, -0.25) is 4.79 Å². The van der Waals surface area contributed by atoms with Crippen molar-refractivity contribution < 1.29 is 19.1 Å². The van der Waals surface area contributed by atoms with Crippen LogP contribution in [0, 0.1) is 19.8 Å². The van der Waals surface area contributed by atoms with Crippen LogP contribution in [0.4, 0.5) is 4.79 Å². The highest BCUT2D eigenvalue weighted by Crippen LogP contribution is 2.25. The summed E-state index contributed by atoms with van der Waals surface area (Å²) in [6, 6.07) is -0.928. The van der Waals surface area contributed by atoms with Gasteiger partial charge in [0.15, 0.2) is 5.78 Å². The summed E-state index contributed by atoms with van der Waals surface area (Å²) in [6.45, 7) is 15.8. The molecule has 1 unspecified atom stereocenters. The zero-order chi connectivity index (χ0) is 22.5. The van der Waals surface area contributed by atoms with E-state index in [1.54, 1.807) is 37.3 Å². The van der Waals surface area contributed by atoms with Gasteiger partial charge in [-0.1, -0.05) is 13.8 Å². The number of urea groups is 1. The summed E-state index contributed by atoms with van der Waals surface area (Å²) in [4.78, 5) is 40.1. The molecule has 0 aliphatic heterocycles. The van der Waals surface area contributed by atoms with E-state index >= 15 is 0 Å². The Hall–Kier alpha value is -2.31. The van der Waals surface area contributed by atoms with Gasteiger partial charge in [0.1, 0.15) is 5.69 Å². The molecule has 1 N–H and O–H groups in total. The predicted octanol–water partition coefficient (Wildman–Crippen LogP) is 3.86. The van der Waals surface area contributed by atoms with Gasteiger partial charge in [0.2, 0.25) is 0 Å². The number of carbonyl (C=O) groups is 3. The molecule has 1 aromatic rings. The fraction of sp³-hybridized carbons (Fsp3) is 0.682. The molecule has 2 amide bonds. The van der Waals surface area contributed by atoms with Crippen molar-refractivity contribution in [3.8, 4) is 0 Å². The maximum Gasteiger partial charge on any atom is 0.355 e. The van der Waals surface area contributed by atoms with Crippen molar-refractivity contribution in [2.45, 2.75) is 73.9 Å². The van der Waals surface area contributed by atoms with E-state index in [4.69, 9.17) is 4.74 Å². The van der Waals surface area contributed by atoms with E-state index in [-0.39, 0.29) is 24.5 Å². The average Bonchev–Trinajstić information content (AvgIpc) is 2.82. The van der Waals surface area contributed by atoms with Gasteiger partial charge in [0.05, 0.1) is 12.6 Å². The van der Waals surface area contributed by atoms with Gasteiger partial charge in [0.25, 0.3) is 0 Å². The molecule has 164 valence electrons. The Morgan fingerprint density at radius 3 is 2.17 bits per heavy atom. The molecule has 1 atom stereocenters. The van der Waals surface area contributed by atoms with Crippen molar-refractivity contribution in [1.82, 2.24) is 14.8 Å². The molecule has 1 heterocycles. The lowest BCUT2D eigenvalue weighted by Crippen LogP contribution is -2.50. The van der Waals surface area contributed by atoms with Gasteiger partial charge >= 0.3 is 12.0 Å². The molecule has 0 spiro atoms. The molecule has 0 aromatic carbocycles. The predicted molar refractivity (Wildman–Crippen MR) is 114 cm³/mol. The lowest BCUT2D eigenvalue weighted by atomic mass is 9.99. The van der Waals surface area contributed by atoms with Crippen LogP contribution in [0.5, 0.6) is 0 Å². The van der Waals surface area contributed by atoms with Crippen LogP contribution in [-0.4, -0.2) is 52.5 Å². The van der Waals surface area contributed by atoms with Crippen LogP contribution in [0.15, 0.2) is 0 Å². The highest BCUT2D eigenvalue weighted by Gasteiger charge is 2.32. The van der Waals surface area contributed by atoms with E-state index in [0.717, 1.165) is 6.42 Å². The Labute approximate surface area is 174 Å². The highest BCUT2D eigenvalue weighted by atomic mass is 16.5. The fourth-order valence-corrected chi connectivity index (χ4v) is 3.38. The SMILES string of the molecule is CCOC(=O)c1c(C)c(C(=O)C(C)N(CCC(C)C)C(=O)NC(C)C)c(C)n1C. The van der Waals surface area contributed by atoms with Crippen LogP contribution >= 0.6 is 0 Å². The van der Waals surface area contributed by atoms with Crippen molar-refractivity contribution in [3.63, 3.8) is 0 Å². The Bertz CT molecular complexity index is 750. The maximum atomic E-state index is 13.4. The van der Waals surface area contributed by atoms with Crippen LogP contribution < -0.4 is 5.32 Å². The summed E-state index contributed by atoms with van der Waals surface area (Å²) < 4.78 is 6.84. The van der Waals surface area contributed by atoms with Gasteiger partial charge in [0, 0.05) is 30.9 Å². The fourth-order valence-electron chi connectivity index (χ4n) is 3.38. The number of rotatable bonds is 9. The Morgan fingerprint density at radius 2 is 1.69 bits per heavy atom. The number of carbonyl (C=O) groups excluding carboxylic acids is 3. The standard InChI is InChI=1S/C22H37N3O4/c1-10-29-21(27)19-15(6)18(16(7)24(19)9)20(26)17(8)25(12-11-13(2)3)22(28)23-14(4)5/h13-14,17H,10-12H2,1-9H3,(H,23,28). The molecule has 29 heavy (non-hydrogen) atoms. The second-order valence-electron chi connectivity index (χ2n) is 8.23. The third-order valence-corrected chi connectivity index (χ3v) is 5.11. The smallest absolute Gasteiger partial charge is 0.355 e. The number of hydrogen-bond acceptors (Lipinski definition) is 4. The van der Waals surface area contributed by atoms with E-state index in [2.05, 4.69) is 19.2 Å². The van der Waals surface area contributed by atoms with Crippen LogP contribution in [0.25, 0.3) is 0 Å². The number of nitrogens with one attached hydrogen (secondary N) is 1. The van der Waals surface area contributed by atoms with Gasteiger partial charge in [-0.15, -0.1) is 0 Å². The third-order valence-electron chi connectivity index (χ3n) is 5.11. The minimum absolute atomic E-state index is 0.0260. The van der Waals surface area contributed by atoms with Crippen molar-refractivity contribution in [2.75, 3.05) is 13.2 Å². The summed E-state index contributed by atoms with van der Waals surface area (Å²) in [6.07, 6.45) is 0.796. The van der Waals surface area contributed by atoms with Crippen molar-refractivity contribution in [3.05, 3.63) is 22.5 Å². The lowest BCUT2D eigenvalue weighted by Gasteiger charge is -2.30. The number of ether oxygens (including phenoxy) is 1. The van der Waals surface area contributed by atoms with Gasteiger partial charge in [-0.25, -0.2) is 9.59 Å². The molecule has 0 fully saturated rings. The molecule has 7 nitrogen and oxygen atoms in total. The average molecular weight is 408 g/mol. The monoisotopic (exact) mass is 407 g/mol. The van der Waals surface area contributed by atoms with Crippen LogP contribution in [0.2, 0.25) is 0 Å². The first-order chi connectivity index (χ1) is 13.4. The first-order valence-electron chi connectivity index (χ1n) is 10.4. The first-order valence-corrected chi connectivity index (χ1v) is 10.4. The van der Waals surface area contributed by atoms with Gasteiger partial charge in [-0.2, -0.15) is 0 Å². The summed E-state index contributed by atoms with van der Waals surface area (Å²) in [5, 5.41) is 2.89. The molecule has 7 heteroatoms. The molecule has 1 aromatic heterocycles. The molecule has 0 aliphatic carbocycles. The Morgan fingerprint density at radius 1 is 1.10 bits per heavy atom. The molecule has 0 saturated carbocycles. The van der Waals surface area contributed by atoms with Crippen LogP contribution in [0.1, 0.15) is 80.1 Å². The Kier molecular flexibility index (Phi) is 8.92. The van der Waals surface area contributed by atoms with E-state index in [0.29, 0.717) is 35.0 Å². The van der Waals surface area contributed by atoms with Crippen LogP contribution in [-0.2, 0) is 11.8 Å². The Balaban J connectivity index is 3.29. The zero-order valence-electron chi connectivity index (χ0n) is 19.4. The topological polar surface area (TPSA) is 80.6 Å². The van der Waals surface area contributed by atoms with E-state index in [1.807, 2.05) is 20.8 Å². The molecular weight excluding hydrogens is 370 g/mol. The number of esters is 1. The summed E-state index contributed by atoms with van der Waals surface area (Å²) >= 11 is 0. The second kappa shape index (κ2) is 10.5. The molecular formula is C22H37N3O4. The minimum atomic E-state index is -0.651. The summed E-state index contributed by atoms with van der Waals surface area (Å²) in [5.41, 5.74) is 2.14. The number of aromatic nitrogens is 1. The normalized spacial score (nSPS) is 12.2. The minimum Gasteiger partial charge on any atom is -0.461 e. The van der Waals surface area contributed by atoms with Crippen molar-refractivity contribution in [1.29, 1.82) is 0 Å². The second-order valence-corrected chi connectivity index (χ2v) is 8.23. The number of ketones is 1. The largest absolute Gasteiger partial charge is 0.461 e. The zero-order valence-corrected chi connectivity index (χ0v) is 19.4. The summed E-state index contributed by atoms with van der Waals surface area (Å²) in [5.74, 6) is -0.215. The first kappa shape index (κ1) is 24.7. The number of hydrogen-bond donors (Lipinski definition) is 1. The quantitative estimate of drug-likeness (QED) is 0.498. The number of Topliss-reactive ketones (excluding diaryl/α,β-unsaturated/α-hetero) is 1. The molecule has 1 rings (SSSR count). The van der Waals surface area contributed by atoms with E-state index < -0.39 is 12.0 Å². The van der Waals surface area contributed by atoms with Crippen LogP contribution in [0.3, 0.4) is 0 Å². The van der Waals surface area contributed by atoms with Gasteiger partial charge < -0.3 is 19.5 Å². The molecule has 0 radical (unpaired) electrons. The number of nitrogens with zero attached hydrogens (tertiary/aromatic N) is 2. The van der Waals surface area contributed by atoms with Gasteiger partial charge in [-0.05, 0) is 59.4 Å². The van der Waals surface area contributed by atoms with E-state index in [1.165, 1.54) is 0 Å². The summed E-state index contributed by atoms with van der Waals surface area (Å²) in [7, 11) is 1.75. The van der Waals surface area contributed by atoms with Crippen molar-refractivity contribution in [2.24, 2.45) is 13.0 Å².